The maximum atomic E-state index is 12.1. The number of nitrogens with zero attached hydrogens (tertiary/aromatic N) is 5. The van der Waals surface area contributed by atoms with Gasteiger partial charge in [0.05, 0.1) is 19.1 Å². The van der Waals surface area contributed by atoms with Crippen molar-refractivity contribution in [2.75, 3.05) is 31.2 Å². The van der Waals surface area contributed by atoms with Crippen LogP contribution in [0.4, 0.5) is 5.82 Å². The second kappa shape index (κ2) is 6.11. The average molecular weight is 316 g/mol. The number of ether oxygens (including phenoxy) is 1. The van der Waals surface area contributed by atoms with Crippen molar-refractivity contribution >= 4 is 17.4 Å². The van der Waals surface area contributed by atoms with Crippen molar-refractivity contribution in [1.29, 1.82) is 0 Å². The highest BCUT2D eigenvalue weighted by Gasteiger charge is 2.23. The van der Waals surface area contributed by atoms with Gasteiger partial charge in [0.15, 0.2) is 11.5 Å². The van der Waals surface area contributed by atoms with E-state index in [1.807, 2.05) is 12.1 Å². The minimum Gasteiger partial charge on any atom is -0.381 e. The summed E-state index contributed by atoms with van der Waals surface area (Å²) in [5, 5.41) is 15.8. The molecule has 4 rings (SSSR count). The van der Waals surface area contributed by atoms with Crippen LogP contribution in [-0.4, -0.2) is 52.0 Å². The Labute approximate surface area is 133 Å². The van der Waals surface area contributed by atoms with Gasteiger partial charge in [-0.15, -0.1) is 15.3 Å². The Bertz CT molecular complexity index is 703. The molecule has 0 aromatic carbocycles. The van der Waals surface area contributed by atoms with Crippen LogP contribution >= 0.6 is 0 Å². The van der Waals surface area contributed by atoms with Gasteiger partial charge in [-0.05, 0) is 31.4 Å². The summed E-state index contributed by atoms with van der Waals surface area (Å²) >= 11 is 0. The third kappa shape index (κ3) is 2.86. The maximum Gasteiger partial charge on any atom is 0.225 e. The zero-order valence-corrected chi connectivity index (χ0v) is 12.9. The number of amides is 1. The number of rotatable bonds is 4. The summed E-state index contributed by atoms with van der Waals surface area (Å²) in [4.78, 5) is 14.3. The summed E-state index contributed by atoms with van der Waals surface area (Å²) in [6, 6.07) is 3.90. The summed E-state index contributed by atoms with van der Waals surface area (Å²) in [7, 11) is 0. The van der Waals surface area contributed by atoms with Crippen LogP contribution in [0.15, 0.2) is 12.1 Å². The summed E-state index contributed by atoms with van der Waals surface area (Å²) in [5.74, 6) is 1.54. The number of carbonyl (C=O) groups excluding carboxylic acids is 1. The molecule has 1 N–H and O–H groups in total. The monoisotopic (exact) mass is 316 g/mol. The third-order valence-corrected chi connectivity index (χ3v) is 4.46. The van der Waals surface area contributed by atoms with Gasteiger partial charge in [0.2, 0.25) is 5.91 Å². The summed E-state index contributed by atoms with van der Waals surface area (Å²) < 4.78 is 6.97. The van der Waals surface area contributed by atoms with E-state index in [1.54, 1.807) is 4.52 Å². The Morgan fingerprint density at radius 1 is 1.30 bits per heavy atom. The Kier molecular flexibility index (Phi) is 3.82. The normalized spacial score (nSPS) is 21.2. The predicted molar refractivity (Wildman–Crippen MR) is 83.0 cm³/mol. The van der Waals surface area contributed by atoms with Gasteiger partial charge >= 0.3 is 0 Å². The fourth-order valence-electron chi connectivity index (χ4n) is 3.10. The highest BCUT2D eigenvalue weighted by molar-refractivity contribution is 5.78. The van der Waals surface area contributed by atoms with Gasteiger partial charge in [0.1, 0.15) is 5.82 Å². The zero-order valence-electron chi connectivity index (χ0n) is 12.9. The van der Waals surface area contributed by atoms with E-state index >= 15 is 0 Å². The Hall–Kier alpha value is -2.22. The first-order valence-electron chi connectivity index (χ1n) is 8.13. The van der Waals surface area contributed by atoms with Crippen molar-refractivity contribution in [1.82, 2.24) is 25.1 Å². The molecule has 2 aliphatic heterocycles. The van der Waals surface area contributed by atoms with Crippen molar-refractivity contribution in [3.63, 3.8) is 0 Å². The van der Waals surface area contributed by atoms with Crippen LogP contribution in [0, 0.1) is 5.92 Å². The van der Waals surface area contributed by atoms with Gasteiger partial charge in [0, 0.05) is 19.7 Å². The Morgan fingerprint density at radius 2 is 2.17 bits per heavy atom. The molecule has 122 valence electrons. The largest absolute Gasteiger partial charge is 0.381 e. The van der Waals surface area contributed by atoms with E-state index in [2.05, 4.69) is 25.5 Å². The smallest absolute Gasteiger partial charge is 0.225 e. The first-order valence-corrected chi connectivity index (χ1v) is 8.13. The second-order valence-corrected chi connectivity index (χ2v) is 6.05. The van der Waals surface area contributed by atoms with Crippen molar-refractivity contribution in [2.24, 2.45) is 5.92 Å². The molecule has 0 saturated carbocycles. The molecule has 2 aromatic rings. The predicted octanol–water partition coefficient (Wildman–Crippen LogP) is 0.377. The van der Waals surface area contributed by atoms with Gasteiger partial charge in [-0.1, -0.05) is 0 Å². The Morgan fingerprint density at radius 3 is 2.96 bits per heavy atom. The van der Waals surface area contributed by atoms with Gasteiger partial charge in [-0.25, -0.2) is 0 Å². The molecule has 1 unspecified atom stereocenters. The molecular formula is C15H20N6O2. The molecule has 2 aromatic heterocycles. The van der Waals surface area contributed by atoms with Crippen LogP contribution in [0.1, 0.15) is 25.1 Å². The highest BCUT2D eigenvalue weighted by Crippen LogP contribution is 2.18. The molecule has 0 aliphatic carbocycles. The summed E-state index contributed by atoms with van der Waals surface area (Å²) in [6.45, 7) is 3.56. The molecule has 1 atom stereocenters. The fourth-order valence-corrected chi connectivity index (χ4v) is 3.10. The minimum absolute atomic E-state index is 0.00921. The van der Waals surface area contributed by atoms with Crippen molar-refractivity contribution in [2.45, 2.75) is 25.8 Å². The lowest BCUT2D eigenvalue weighted by Gasteiger charge is -2.16. The van der Waals surface area contributed by atoms with Crippen molar-refractivity contribution in [3.05, 3.63) is 18.0 Å². The number of hydrogen-bond acceptors (Lipinski definition) is 6. The molecular weight excluding hydrogens is 296 g/mol. The van der Waals surface area contributed by atoms with E-state index in [9.17, 15) is 4.79 Å². The quantitative estimate of drug-likeness (QED) is 0.878. The van der Waals surface area contributed by atoms with Gasteiger partial charge in [-0.2, -0.15) is 4.52 Å². The number of carbonyl (C=O) groups is 1. The topological polar surface area (TPSA) is 84.7 Å². The van der Waals surface area contributed by atoms with E-state index in [0.717, 1.165) is 25.3 Å². The molecule has 0 spiro atoms. The fraction of sp³-hybridized carbons (Fsp3) is 0.600. The molecule has 2 aliphatic rings. The first kappa shape index (κ1) is 14.4. The van der Waals surface area contributed by atoms with Gasteiger partial charge < -0.3 is 15.0 Å². The van der Waals surface area contributed by atoms with E-state index in [4.69, 9.17) is 4.74 Å². The number of anilines is 1. The average Bonchev–Trinajstić information content (AvgIpc) is 3.33. The number of hydrogen-bond donors (Lipinski definition) is 1. The van der Waals surface area contributed by atoms with Crippen molar-refractivity contribution in [3.8, 4) is 0 Å². The lowest BCUT2D eigenvalue weighted by atomic mass is 10.1. The van der Waals surface area contributed by atoms with E-state index in [1.165, 1.54) is 12.8 Å². The standard InChI is InChI=1S/C15H20N6O2/c22-15(11-5-8-23-10-11)16-9-14-18-17-12-3-4-13(19-21(12)14)20-6-1-2-7-20/h3-4,11H,1-2,5-10H2,(H,16,22). The second-order valence-electron chi connectivity index (χ2n) is 6.05. The van der Waals surface area contributed by atoms with Crippen LogP contribution in [0.25, 0.3) is 5.65 Å². The van der Waals surface area contributed by atoms with Gasteiger partial charge in [-0.3, -0.25) is 4.79 Å². The molecule has 2 saturated heterocycles. The van der Waals surface area contributed by atoms with Crippen molar-refractivity contribution < 1.29 is 9.53 Å². The molecule has 2 fully saturated rings. The zero-order chi connectivity index (χ0) is 15.6. The maximum absolute atomic E-state index is 12.1. The van der Waals surface area contributed by atoms with Crippen LogP contribution < -0.4 is 10.2 Å². The highest BCUT2D eigenvalue weighted by atomic mass is 16.5. The Balaban J connectivity index is 1.50. The molecule has 0 bridgehead atoms. The SMILES string of the molecule is O=C(NCc1nnc2ccc(N3CCCC3)nn12)C1CCOC1. The molecule has 1 amide bonds. The van der Waals surface area contributed by atoms with Crippen LogP contribution in [-0.2, 0) is 16.1 Å². The van der Waals surface area contributed by atoms with Crippen LogP contribution in [0.3, 0.4) is 0 Å². The number of nitrogens with one attached hydrogen (secondary N) is 1. The first-order chi connectivity index (χ1) is 11.3. The number of fused-ring (bicyclic) bond motifs is 1. The van der Waals surface area contributed by atoms with E-state index in [0.29, 0.717) is 31.2 Å². The minimum atomic E-state index is -0.0534. The molecule has 8 nitrogen and oxygen atoms in total. The van der Waals surface area contributed by atoms with Gasteiger partial charge in [0.25, 0.3) is 0 Å². The van der Waals surface area contributed by atoms with Crippen LogP contribution in [0.5, 0.6) is 0 Å². The lowest BCUT2D eigenvalue weighted by Crippen LogP contribution is -2.31. The summed E-state index contributed by atoms with van der Waals surface area (Å²) in [5.41, 5.74) is 0.696. The summed E-state index contributed by atoms with van der Waals surface area (Å²) in [6.07, 6.45) is 3.19. The lowest BCUT2D eigenvalue weighted by molar-refractivity contribution is -0.125. The molecule has 4 heterocycles. The molecule has 23 heavy (non-hydrogen) atoms. The molecule has 8 heteroatoms. The number of aromatic nitrogens is 4. The van der Waals surface area contributed by atoms with E-state index < -0.39 is 0 Å². The van der Waals surface area contributed by atoms with E-state index in [-0.39, 0.29) is 11.8 Å². The third-order valence-electron chi connectivity index (χ3n) is 4.46. The molecule has 0 radical (unpaired) electrons. The van der Waals surface area contributed by atoms with Crippen LogP contribution in [0.2, 0.25) is 0 Å².